The summed E-state index contributed by atoms with van der Waals surface area (Å²) in [6.07, 6.45) is -6.45. The van der Waals surface area contributed by atoms with Gasteiger partial charge in [-0.05, 0) is 42.0 Å². The lowest BCUT2D eigenvalue weighted by molar-refractivity contribution is -0.143. The van der Waals surface area contributed by atoms with Crippen LogP contribution in [0.2, 0.25) is 0 Å². The SMILES string of the molecule is O=C1CCN(c2sc(C(=O)c3cc(C(F)(F)F)cc(C(F)(F)F)c3)cc2-c2ccncc2)CC1. The second-order valence-corrected chi connectivity index (χ2v) is 8.75. The van der Waals surface area contributed by atoms with Crippen LogP contribution in [0.4, 0.5) is 31.3 Å². The highest BCUT2D eigenvalue weighted by molar-refractivity contribution is 7.18. The number of carbonyl (C=O) groups is 2. The molecule has 1 fully saturated rings. The molecule has 2 aromatic heterocycles. The highest BCUT2D eigenvalue weighted by atomic mass is 32.1. The average Bonchev–Trinajstić information content (AvgIpc) is 3.23. The van der Waals surface area contributed by atoms with Crippen molar-refractivity contribution >= 4 is 27.9 Å². The van der Waals surface area contributed by atoms with E-state index in [0.29, 0.717) is 54.2 Å². The largest absolute Gasteiger partial charge is 0.416 e. The van der Waals surface area contributed by atoms with Gasteiger partial charge < -0.3 is 4.90 Å². The van der Waals surface area contributed by atoms with Crippen molar-refractivity contribution in [3.05, 3.63) is 70.4 Å². The maximum atomic E-state index is 13.2. The fourth-order valence-electron chi connectivity index (χ4n) is 3.65. The minimum absolute atomic E-state index is 0.00818. The Hall–Kier alpha value is -3.21. The monoisotopic (exact) mass is 498 g/mol. The number of alkyl halides is 6. The van der Waals surface area contributed by atoms with Gasteiger partial charge in [-0.15, -0.1) is 11.3 Å². The van der Waals surface area contributed by atoms with Crippen LogP contribution in [-0.2, 0) is 17.1 Å². The van der Waals surface area contributed by atoms with Crippen LogP contribution in [0.25, 0.3) is 11.1 Å². The van der Waals surface area contributed by atoms with Crippen LogP contribution < -0.4 is 4.90 Å². The maximum absolute atomic E-state index is 13.2. The van der Waals surface area contributed by atoms with Gasteiger partial charge in [-0.3, -0.25) is 14.6 Å². The van der Waals surface area contributed by atoms with Crippen LogP contribution in [0.5, 0.6) is 0 Å². The second-order valence-electron chi connectivity index (χ2n) is 7.71. The molecule has 0 bridgehead atoms. The predicted octanol–water partition coefficient (Wildman–Crippen LogP) is 6.25. The third kappa shape index (κ3) is 4.98. The molecule has 3 heterocycles. The van der Waals surface area contributed by atoms with Crippen molar-refractivity contribution in [3.8, 4) is 11.1 Å². The lowest BCUT2D eigenvalue weighted by Crippen LogP contribution is -2.33. The molecule has 0 spiro atoms. The fourth-order valence-corrected chi connectivity index (χ4v) is 4.85. The molecule has 0 N–H and O–H groups in total. The maximum Gasteiger partial charge on any atom is 0.416 e. The van der Waals surface area contributed by atoms with Gasteiger partial charge in [-0.1, -0.05) is 0 Å². The standard InChI is InChI=1S/C23H16F6N2O2S/c24-22(25,26)15-9-14(10-16(11-15)23(27,28)29)20(33)19-12-18(13-1-5-30-6-2-13)21(34-19)31-7-3-17(32)4-8-31/h1-2,5-6,9-12H,3-4,7-8H2. The number of carbonyl (C=O) groups excluding carboxylic acids is 2. The number of Topliss-reactive ketones (excluding diaryl/α,β-unsaturated/α-hetero) is 1. The lowest BCUT2D eigenvalue weighted by Gasteiger charge is -2.27. The summed E-state index contributed by atoms with van der Waals surface area (Å²) in [6.45, 7) is 0.791. The van der Waals surface area contributed by atoms with E-state index in [4.69, 9.17) is 0 Å². The minimum Gasteiger partial charge on any atom is -0.362 e. The molecule has 0 amide bonds. The molecule has 4 nitrogen and oxygen atoms in total. The number of piperidine rings is 1. The van der Waals surface area contributed by atoms with Crippen molar-refractivity contribution in [2.75, 3.05) is 18.0 Å². The van der Waals surface area contributed by atoms with E-state index in [2.05, 4.69) is 4.98 Å². The number of thiophene rings is 1. The van der Waals surface area contributed by atoms with Gasteiger partial charge in [0.05, 0.1) is 21.0 Å². The van der Waals surface area contributed by atoms with Crippen molar-refractivity contribution in [1.82, 2.24) is 4.98 Å². The number of pyridine rings is 1. The molecule has 3 aromatic rings. The van der Waals surface area contributed by atoms with Gasteiger partial charge in [0.15, 0.2) is 0 Å². The van der Waals surface area contributed by atoms with Crippen LogP contribution in [0.3, 0.4) is 0 Å². The molecule has 4 rings (SSSR count). The van der Waals surface area contributed by atoms with E-state index >= 15 is 0 Å². The molecule has 1 saturated heterocycles. The van der Waals surface area contributed by atoms with E-state index in [1.165, 1.54) is 18.5 Å². The summed E-state index contributed by atoms with van der Waals surface area (Å²) in [5.74, 6) is -0.852. The summed E-state index contributed by atoms with van der Waals surface area (Å²) in [4.78, 5) is 30.6. The Kier molecular flexibility index (Phi) is 6.24. The molecule has 178 valence electrons. The zero-order valence-electron chi connectivity index (χ0n) is 17.3. The predicted molar refractivity (Wildman–Crippen MR) is 114 cm³/mol. The van der Waals surface area contributed by atoms with Gasteiger partial charge in [-0.2, -0.15) is 26.3 Å². The number of ketones is 2. The molecule has 0 radical (unpaired) electrons. The lowest BCUT2D eigenvalue weighted by atomic mass is 10.0. The van der Waals surface area contributed by atoms with Gasteiger partial charge in [0.2, 0.25) is 5.78 Å². The third-order valence-electron chi connectivity index (χ3n) is 5.39. The number of anilines is 1. The number of aromatic nitrogens is 1. The summed E-state index contributed by atoms with van der Waals surface area (Å²) in [5.41, 5.74) is -2.53. The first-order valence-electron chi connectivity index (χ1n) is 10.1. The Morgan fingerprint density at radius 1 is 0.882 bits per heavy atom. The van der Waals surface area contributed by atoms with E-state index in [9.17, 15) is 35.9 Å². The van der Waals surface area contributed by atoms with E-state index in [1.807, 2.05) is 4.90 Å². The van der Waals surface area contributed by atoms with E-state index in [0.717, 1.165) is 11.3 Å². The van der Waals surface area contributed by atoms with Gasteiger partial charge in [0.1, 0.15) is 5.78 Å². The zero-order valence-corrected chi connectivity index (χ0v) is 18.2. The first kappa shape index (κ1) is 23.9. The number of benzene rings is 1. The molecular weight excluding hydrogens is 482 g/mol. The molecule has 0 saturated carbocycles. The van der Waals surface area contributed by atoms with Crippen LogP contribution in [-0.4, -0.2) is 29.6 Å². The summed E-state index contributed by atoms with van der Waals surface area (Å²) in [6, 6.07) is 5.68. The van der Waals surface area contributed by atoms with E-state index in [-0.39, 0.29) is 16.7 Å². The molecule has 1 aromatic carbocycles. The Morgan fingerprint density at radius 3 is 1.97 bits per heavy atom. The molecule has 1 aliphatic rings. The van der Waals surface area contributed by atoms with Crippen LogP contribution >= 0.6 is 11.3 Å². The van der Waals surface area contributed by atoms with Crippen LogP contribution in [0.15, 0.2) is 48.8 Å². The highest BCUT2D eigenvalue weighted by Gasteiger charge is 2.38. The zero-order chi connectivity index (χ0) is 24.7. The average molecular weight is 498 g/mol. The van der Waals surface area contributed by atoms with Gasteiger partial charge >= 0.3 is 12.4 Å². The Balaban J connectivity index is 1.80. The highest BCUT2D eigenvalue weighted by Crippen LogP contribution is 2.42. The van der Waals surface area contributed by atoms with Gasteiger partial charge in [0, 0.05) is 49.5 Å². The molecular formula is C23H16F6N2O2S. The number of rotatable bonds is 4. The molecule has 1 aliphatic heterocycles. The first-order valence-corrected chi connectivity index (χ1v) is 10.9. The molecule has 0 atom stereocenters. The molecule has 0 unspecified atom stereocenters. The van der Waals surface area contributed by atoms with Gasteiger partial charge in [-0.25, -0.2) is 0 Å². The Labute approximate surface area is 193 Å². The molecule has 34 heavy (non-hydrogen) atoms. The quantitative estimate of drug-likeness (QED) is 0.315. The number of halogens is 6. The van der Waals surface area contributed by atoms with Gasteiger partial charge in [0.25, 0.3) is 0 Å². The molecule has 11 heteroatoms. The third-order valence-corrected chi connectivity index (χ3v) is 6.58. The number of hydrogen-bond donors (Lipinski definition) is 0. The second kappa shape index (κ2) is 8.86. The first-order chi connectivity index (χ1) is 15.9. The normalized spacial score (nSPS) is 15.0. The topological polar surface area (TPSA) is 50.3 Å². The minimum atomic E-state index is -5.06. The Morgan fingerprint density at radius 2 is 1.44 bits per heavy atom. The number of nitrogens with zero attached hydrogens (tertiary/aromatic N) is 2. The van der Waals surface area contributed by atoms with E-state index in [1.54, 1.807) is 12.1 Å². The fraction of sp³-hybridized carbons (Fsp3) is 0.261. The van der Waals surface area contributed by atoms with Crippen molar-refractivity contribution in [2.24, 2.45) is 0 Å². The van der Waals surface area contributed by atoms with Crippen molar-refractivity contribution in [3.63, 3.8) is 0 Å². The summed E-state index contributed by atoms with van der Waals surface area (Å²) < 4.78 is 79.5. The Bertz CT molecular complexity index is 1190. The van der Waals surface area contributed by atoms with E-state index < -0.39 is 34.8 Å². The summed E-state index contributed by atoms with van der Waals surface area (Å²) in [5, 5.41) is 0.616. The smallest absolute Gasteiger partial charge is 0.362 e. The number of hydrogen-bond acceptors (Lipinski definition) is 5. The molecule has 0 aliphatic carbocycles. The van der Waals surface area contributed by atoms with Crippen LogP contribution in [0, 0.1) is 0 Å². The summed E-state index contributed by atoms with van der Waals surface area (Å²) >= 11 is 0.974. The van der Waals surface area contributed by atoms with Crippen molar-refractivity contribution in [1.29, 1.82) is 0 Å². The van der Waals surface area contributed by atoms with Crippen molar-refractivity contribution in [2.45, 2.75) is 25.2 Å². The summed E-state index contributed by atoms with van der Waals surface area (Å²) in [7, 11) is 0. The van der Waals surface area contributed by atoms with Crippen molar-refractivity contribution < 1.29 is 35.9 Å². The van der Waals surface area contributed by atoms with Crippen LogP contribution in [0.1, 0.15) is 39.2 Å².